The first-order chi connectivity index (χ1) is 15.5. The smallest absolute Gasteiger partial charge is 0.335 e. The van der Waals surface area contributed by atoms with Crippen LogP contribution in [0.15, 0.2) is 102 Å². The van der Waals surface area contributed by atoms with E-state index >= 15 is 0 Å². The van der Waals surface area contributed by atoms with Gasteiger partial charge in [-0.15, -0.1) is 0 Å². The molecule has 4 rings (SSSR count). The lowest BCUT2D eigenvalue weighted by molar-refractivity contribution is -0.117. The predicted octanol–water partition coefficient (Wildman–Crippen LogP) is 4.57. The first-order valence-electron chi connectivity index (χ1n) is 9.90. The van der Waals surface area contributed by atoms with E-state index in [1.165, 1.54) is 29.2 Å². The maximum Gasteiger partial charge on any atom is 0.335 e. The number of hydrogen-bond donors (Lipinski definition) is 2. The Morgan fingerprint density at radius 3 is 2.19 bits per heavy atom. The average molecular weight is 425 g/mol. The summed E-state index contributed by atoms with van der Waals surface area (Å²) in [5.74, 6) is -3.07. The van der Waals surface area contributed by atoms with Crippen LogP contribution in [0.1, 0.15) is 27.5 Å². The van der Waals surface area contributed by atoms with E-state index in [-0.39, 0.29) is 16.8 Å². The van der Waals surface area contributed by atoms with E-state index in [0.29, 0.717) is 5.56 Å². The molecule has 0 spiro atoms. The van der Waals surface area contributed by atoms with Crippen LogP contribution in [0.4, 0.5) is 5.69 Å². The Hall–Kier alpha value is -4.45. The van der Waals surface area contributed by atoms with Crippen LogP contribution in [0.5, 0.6) is 0 Å². The third-order valence-electron chi connectivity index (χ3n) is 5.19. The number of aromatic carboxylic acids is 1. The SMILES string of the molecule is O=C(/C=C/c1ccccc1)C1=C(O)C(=O)N(c2cccc(C(=O)O)c2)[C@H]1c1ccccc1. The minimum atomic E-state index is -1.14. The number of allylic oxidation sites excluding steroid dienone is 1. The maximum atomic E-state index is 13.1. The number of anilines is 1. The van der Waals surface area contributed by atoms with Gasteiger partial charge in [0, 0.05) is 5.69 Å². The highest BCUT2D eigenvalue weighted by atomic mass is 16.4. The lowest BCUT2D eigenvalue weighted by Gasteiger charge is -2.27. The molecule has 0 fully saturated rings. The molecule has 0 saturated carbocycles. The van der Waals surface area contributed by atoms with E-state index in [1.807, 2.05) is 30.3 Å². The summed E-state index contributed by atoms with van der Waals surface area (Å²) >= 11 is 0. The number of nitrogens with zero attached hydrogens (tertiary/aromatic N) is 1. The van der Waals surface area contributed by atoms with Gasteiger partial charge in [-0.05, 0) is 35.4 Å². The molecule has 1 heterocycles. The van der Waals surface area contributed by atoms with E-state index in [2.05, 4.69) is 0 Å². The summed E-state index contributed by atoms with van der Waals surface area (Å²) in [5, 5.41) is 20.0. The van der Waals surface area contributed by atoms with Crippen molar-refractivity contribution in [1.82, 2.24) is 0 Å². The number of rotatable bonds is 6. The van der Waals surface area contributed by atoms with E-state index in [1.54, 1.807) is 42.5 Å². The van der Waals surface area contributed by atoms with Gasteiger partial charge in [0.2, 0.25) is 0 Å². The van der Waals surface area contributed by atoms with E-state index in [9.17, 15) is 24.6 Å². The molecule has 0 aliphatic carbocycles. The van der Waals surface area contributed by atoms with Crippen molar-refractivity contribution in [3.05, 3.63) is 119 Å². The van der Waals surface area contributed by atoms with Gasteiger partial charge in [0.15, 0.2) is 11.5 Å². The molecule has 158 valence electrons. The van der Waals surface area contributed by atoms with Crippen LogP contribution in [0, 0.1) is 0 Å². The van der Waals surface area contributed by atoms with Gasteiger partial charge in [0.05, 0.1) is 17.2 Å². The van der Waals surface area contributed by atoms with Crippen LogP contribution >= 0.6 is 0 Å². The molecule has 0 radical (unpaired) electrons. The maximum absolute atomic E-state index is 13.1. The van der Waals surface area contributed by atoms with Crippen molar-refractivity contribution >= 4 is 29.4 Å². The van der Waals surface area contributed by atoms with Crippen LogP contribution in [-0.4, -0.2) is 27.9 Å². The fraction of sp³-hybridized carbons (Fsp3) is 0.0385. The molecule has 0 unspecified atom stereocenters. The molecular weight excluding hydrogens is 406 g/mol. The standard InChI is InChI=1S/C26H19NO5/c28-21(15-14-17-8-3-1-4-9-17)22-23(18-10-5-2-6-11-18)27(25(30)24(22)29)20-13-7-12-19(16-20)26(31)32/h1-16,23,29H,(H,31,32)/b15-14+/t23-/m0/s1. The number of carboxylic acids is 1. The molecule has 0 bridgehead atoms. The highest BCUT2D eigenvalue weighted by molar-refractivity contribution is 6.20. The Morgan fingerprint density at radius 1 is 0.875 bits per heavy atom. The predicted molar refractivity (Wildman–Crippen MR) is 120 cm³/mol. The number of ketones is 1. The number of amides is 1. The van der Waals surface area contributed by atoms with Crippen LogP contribution in [0.2, 0.25) is 0 Å². The van der Waals surface area contributed by atoms with Gasteiger partial charge in [0.1, 0.15) is 0 Å². The Labute approximate surface area is 184 Å². The Bertz CT molecular complexity index is 1250. The van der Waals surface area contributed by atoms with Gasteiger partial charge >= 0.3 is 5.97 Å². The molecule has 2 N–H and O–H groups in total. The summed E-state index contributed by atoms with van der Waals surface area (Å²) in [6.45, 7) is 0. The molecular formula is C26H19NO5. The number of carboxylic acid groups (broad SMARTS) is 1. The van der Waals surface area contributed by atoms with Crippen molar-refractivity contribution in [2.75, 3.05) is 4.90 Å². The molecule has 6 heteroatoms. The molecule has 0 aromatic heterocycles. The second-order valence-corrected chi connectivity index (χ2v) is 7.21. The molecule has 1 aliphatic rings. The second kappa shape index (κ2) is 8.73. The number of carbonyl (C=O) groups excluding carboxylic acids is 2. The lowest BCUT2D eigenvalue weighted by atomic mass is 9.95. The lowest BCUT2D eigenvalue weighted by Crippen LogP contribution is -2.31. The summed E-state index contributed by atoms with van der Waals surface area (Å²) in [5.41, 5.74) is 1.61. The summed E-state index contributed by atoms with van der Waals surface area (Å²) in [7, 11) is 0. The molecule has 3 aromatic rings. The normalized spacial score (nSPS) is 16.1. The first-order valence-corrected chi connectivity index (χ1v) is 9.90. The second-order valence-electron chi connectivity index (χ2n) is 7.21. The van der Waals surface area contributed by atoms with Gasteiger partial charge in [0.25, 0.3) is 5.91 Å². The number of aliphatic hydroxyl groups excluding tert-OH is 1. The van der Waals surface area contributed by atoms with Crippen molar-refractivity contribution in [3.8, 4) is 0 Å². The van der Waals surface area contributed by atoms with Crippen LogP contribution in [0.3, 0.4) is 0 Å². The Morgan fingerprint density at radius 2 is 1.53 bits per heavy atom. The van der Waals surface area contributed by atoms with E-state index in [4.69, 9.17) is 0 Å². The summed E-state index contributed by atoms with van der Waals surface area (Å²) in [4.78, 5) is 38.9. The van der Waals surface area contributed by atoms with Gasteiger partial charge in [-0.25, -0.2) is 4.79 Å². The molecule has 1 atom stereocenters. The van der Waals surface area contributed by atoms with Crippen molar-refractivity contribution in [1.29, 1.82) is 0 Å². The van der Waals surface area contributed by atoms with Crippen LogP contribution in [-0.2, 0) is 9.59 Å². The topological polar surface area (TPSA) is 94.9 Å². The van der Waals surface area contributed by atoms with Crippen molar-refractivity contribution < 1.29 is 24.6 Å². The third-order valence-corrected chi connectivity index (χ3v) is 5.19. The highest BCUT2D eigenvalue weighted by Crippen LogP contribution is 2.41. The van der Waals surface area contributed by atoms with Gasteiger partial charge in [-0.3, -0.25) is 14.5 Å². The van der Waals surface area contributed by atoms with Crippen molar-refractivity contribution in [3.63, 3.8) is 0 Å². The minimum absolute atomic E-state index is 0.00893. The number of hydrogen-bond acceptors (Lipinski definition) is 4. The molecule has 32 heavy (non-hydrogen) atoms. The van der Waals surface area contributed by atoms with Gasteiger partial charge in [-0.2, -0.15) is 0 Å². The number of benzene rings is 3. The Kier molecular flexibility index (Phi) is 5.68. The van der Waals surface area contributed by atoms with Gasteiger partial charge in [-0.1, -0.05) is 72.8 Å². The highest BCUT2D eigenvalue weighted by Gasteiger charge is 2.43. The number of carbonyl (C=O) groups is 3. The average Bonchev–Trinajstić information content (AvgIpc) is 3.09. The molecule has 3 aromatic carbocycles. The molecule has 6 nitrogen and oxygen atoms in total. The summed E-state index contributed by atoms with van der Waals surface area (Å²) in [6.07, 6.45) is 2.93. The monoisotopic (exact) mass is 425 g/mol. The van der Waals surface area contributed by atoms with E-state index in [0.717, 1.165) is 5.56 Å². The first kappa shape index (κ1) is 20.8. The zero-order valence-corrected chi connectivity index (χ0v) is 16.9. The van der Waals surface area contributed by atoms with Gasteiger partial charge < -0.3 is 10.2 Å². The zero-order chi connectivity index (χ0) is 22.7. The molecule has 0 saturated heterocycles. The quantitative estimate of drug-likeness (QED) is 0.564. The number of aliphatic hydroxyl groups is 1. The summed E-state index contributed by atoms with van der Waals surface area (Å²) < 4.78 is 0. The minimum Gasteiger partial charge on any atom is -0.503 e. The van der Waals surface area contributed by atoms with E-state index < -0.39 is 29.5 Å². The summed E-state index contributed by atoms with van der Waals surface area (Å²) in [6, 6.07) is 23.0. The van der Waals surface area contributed by atoms with Crippen LogP contribution < -0.4 is 4.90 Å². The van der Waals surface area contributed by atoms with Crippen molar-refractivity contribution in [2.45, 2.75) is 6.04 Å². The fourth-order valence-corrected chi connectivity index (χ4v) is 3.69. The Balaban J connectivity index is 1.79. The molecule has 1 amide bonds. The fourth-order valence-electron chi connectivity index (χ4n) is 3.69. The van der Waals surface area contributed by atoms with Crippen molar-refractivity contribution in [2.24, 2.45) is 0 Å². The molecule has 1 aliphatic heterocycles. The zero-order valence-electron chi connectivity index (χ0n) is 16.9. The third kappa shape index (κ3) is 3.94. The largest absolute Gasteiger partial charge is 0.503 e. The van der Waals surface area contributed by atoms with Crippen LogP contribution in [0.25, 0.3) is 6.08 Å².